The highest BCUT2D eigenvalue weighted by atomic mass is 35.5. The van der Waals surface area contributed by atoms with Crippen molar-refractivity contribution in [3.05, 3.63) is 47.6 Å². The van der Waals surface area contributed by atoms with Crippen molar-refractivity contribution in [2.75, 3.05) is 5.32 Å². The van der Waals surface area contributed by atoms with Gasteiger partial charge in [0.05, 0.1) is 22.1 Å². The number of hydrogen-bond donors (Lipinski definition) is 2. The van der Waals surface area contributed by atoms with Crippen LogP contribution in [0.1, 0.15) is 6.42 Å². The summed E-state index contributed by atoms with van der Waals surface area (Å²) >= 11 is 6.13. The van der Waals surface area contributed by atoms with Gasteiger partial charge in [0.2, 0.25) is 5.91 Å². The van der Waals surface area contributed by atoms with Crippen LogP contribution in [0, 0.1) is 5.92 Å². The van der Waals surface area contributed by atoms with E-state index < -0.39 is 0 Å². The zero-order valence-corrected chi connectivity index (χ0v) is 11.5. The van der Waals surface area contributed by atoms with Gasteiger partial charge in [-0.15, -0.1) is 0 Å². The van der Waals surface area contributed by atoms with E-state index in [1.807, 2.05) is 24.3 Å². The van der Waals surface area contributed by atoms with Crippen molar-refractivity contribution < 1.29 is 4.79 Å². The highest BCUT2D eigenvalue weighted by molar-refractivity contribution is 6.35. The van der Waals surface area contributed by atoms with Crippen molar-refractivity contribution in [1.82, 2.24) is 4.98 Å². The molecule has 0 saturated carbocycles. The van der Waals surface area contributed by atoms with E-state index in [9.17, 15) is 4.79 Å². The molecule has 20 heavy (non-hydrogen) atoms. The van der Waals surface area contributed by atoms with Crippen molar-refractivity contribution in [2.24, 2.45) is 11.7 Å². The molecule has 1 aromatic heterocycles. The van der Waals surface area contributed by atoms with Crippen molar-refractivity contribution >= 4 is 34.1 Å². The minimum atomic E-state index is -0.181. The average Bonchev–Trinajstić information content (AvgIpc) is 2.89. The summed E-state index contributed by atoms with van der Waals surface area (Å²) in [5.74, 6) is -0.247. The first kappa shape index (κ1) is 13.1. The van der Waals surface area contributed by atoms with E-state index in [1.165, 1.54) is 0 Å². The van der Waals surface area contributed by atoms with Gasteiger partial charge in [-0.1, -0.05) is 23.8 Å². The fourth-order valence-corrected chi connectivity index (χ4v) is 2.60. The maximum Gasteiger partial charge on any atom is 0.231 e. The number of aromatic nitrogens is 1. The molecule has 0 fully saturated rings. The van der Waals surface area contributed by atoms with E-state index in [4.69, 9.17) is 17.3 Å². The lowest BCUT2D eigenvalue weighted by Crippen LogP contribution is -2.24. The number of hydrogen-bond acceptors (Lipinski definition) is 3. The van der Waals surface area contributed by atoms with Gasteiger partial charge in [-0.05, 0) is 30.7 Å². The number of nitrogens with zero attached hydrogens (tertiary/aromatic N) is 1. The Morgan fingerprint density at radius 2 is 2.20 bits per heavy atom. The Hall–Kier alpha value is -1.91. The lowest BCUT2D eigenvalue weighted by molar-refractivity contribution is -0.118. The molecule has 0 saturated heterocycles. The fourth-order valence-electron chi connectivity index (χ4n) is 2.39. The zero-order valence-electron chi connectivity index (χ0n) is 10.7. The molecule has 0 radical (unpaired) electrons. The van der Waals surface area contributed by atoms with Gasteiger partial charge in [0.15, 0.2) is 0 Å². The number of carbonyl (C=O) groups is 1. The second kappa shape index (κ2) is 5.23. The molecule has 1 aliphatic rings. The smallest absolute Gasteiger partial charge is 0.231 e. The van der Waals surface area contributed by atoms with Gasteiger partial charge in [0, 0.05) is 17.6 Å². The minimum Gasteiger partial charge on any atom is -0.324 e. The second-order valence-electron chi connectivity index (χ2n) is 4.87. The average molecular weight is 288 g/mol. The summed E-state index contributed by atoms with van der Waals surface area (Å²) in [7, 11) is 0. The fraction of sp³-hybridized carbons (Fsp3) is 0.200. The van der Waals surface area contributed by atoms with Crippen LogP contribution < -0.4 is 11.1 Å². The van der Waals surface area contributed by atoms with Crippen LogP contribution in [-0.2, 0) is 4.79 Å². The molecule has 0 bridgehead atoms. The first-order valence-electron chi connectivity index (χ1n) is 6.43. The van der Waals surface area contributed by atoms with Crippen LogP contribution in [0.4, 0.5) is 5.69 Å². The summed E-state index contributed by atoms with van der Waals surface area (Å²) in [5.41, 5.74) is 7.13. The zero-order chi connectivity index (χ0) is 14.1. The third-order valence-corrected chi connectivity index (χ3v) is 3.76. The normalized spacial score (nSPS) is 21.3. The molecular formula is C15H14ClN3O. The van der Waals surface area contributed by atoms with Crippen LogP contribution in [0.25, 0.3) is 10.9 Å². The van der Waals surface area contributed by atoms with Gasteiger partial charge in [-0.2, -0.15) is 0 Å². The Kier molecular flexibility index (Phi) is 3.42. The standard InChI is InChI=1S/C15H14ClN3O/c16-12-5-6-13(14-11(12)2-1-7-18-14)19-15(20)9-3-4-10(17)8-9/h1-7,9-10H,8,17H2,(H,19,20). The molecule has 4 nitrogen and oxygen atoms in total. The van der Waals surface area contributed by atoms with Gasteiger partial charge in [-0.3, -0.25) is 9.78 Å². The minimum absolute atomic E-state index is 0.0363. The lowest BCUT2D eigenvalue weighted by Gasteiger charge is -2.12. The van der Waals surface area contributed by atoms with E-state index in [0.717, 1.165) is 5.39 Å². The maximum atomic E-state index is 12.2. The molecule has 102 valence electrons. The number of fused-ring (bicyclic) bond motifs is 1. The molecule has 1 amide bonds. The number of carbonyl (C=O) groups excluding carboxylic acids is 1. The molecule has 3 rings (SSSR count). The lowest BCUT2D eigenvalue weighted by atomic mass is 10.1. The Morgan fingerprint density at radius 3 is 2.95 bits per heavy atom. The molecule has 1 aliphatic carbocycles. The molecule has 1 aromatic carbocycles. The predicted octanol–water partition coefficient (Wildman–Crippen LogP) is 2.73. The number of nitrogens with one attached hydrogen (secondary N) is 1. The van der Waals surface area contributed by atoms with Crippen LogP contribution >= 0.6 is 11.6 Å². The molecule has 1 heterocycles. The van der Waals surface area contributed by atoms with Crippen LogP contribution in [0.2, 0.25) is 5.02 Å². The number of pyridine rings is 1. The van der Waals surface area contributed by atoms with Gasteiger partial charge < -0.3 is 11.1 Å². The molecule has 2 aromatic rings. The number of anilines is 1. The summed E-state index contributed by atoms with van der Waals surface area (Å²) < 4.78 is 0. The van der Waals surface area contributed by atoms with E-state index in [-0.39, 0.29) is 17.9 Å². The first-order chi connectivity index (χ1) is 9.65. The predicted molar refractivity (Wildman–Crippen MR) is 80.6 cm³/mol. The van der Waals surface area contributed by atoms with Crippen molar-refractivity contribution in [3.63, 3.8) is 0 Å². The summed E-state index contributed by atoms with van der Waals surface area (Å²) in [6, 6.07) is 7.20. The highest BCUT2D eigenvalue weighted by Gasteiger charge is 2.23. The topological polar surface area (TPSA) is 68.0 Å². The molecule has 0 aliphatic heterocycles. The van der Waals surface area contributed by atoms with Gasteiger partial charge in [0.25, 0.3) is 0 Å². The Bertz CT molecular complexity index is 699. The summed E-state index contributed by atoms with van der Waals surface area (Å²) in [6.07, 6.45) is 6.04. The maximum absolute atomic E-state index is 12.2. The number of rotatable bonds is 2. The van der Waals surface area contributed by atoms with Crippen LogP contribution in [0.5, 0.6) is 0 Å². The number of benzene rings is 1. The Labute approximate surface area is 121 Å². The van der Waals surface area contributed by atoms with E-state index in [0.29, 0.717) is 22.6 Å². The van der Waals surface area contributed by atoms with Gasteiger partial charge in [-0.25, -0.2) is 0 Å². The van der Waals surface area contributed by atoms with Gasteiger partial charge in [0.1, 0.15) is 0 Å². The van der Waals surface area contributed by atoms with E-state index in [2.05, 4.69) is 10.3 Å². The molecular weight excluding hydrogens is 274 g/mol. The third-order valence-electron chi connectivity index (χ3n) is 3.43. The van der Waals surface area contributed by atoms with E-state index >= 15 is 0 Å². The first-order valence-corrected chi connectivity index (χ1v) is 6.81. The molecule has 2 atom stereocenters. The summed E-state index contributed by atoms with van der Waals surface area (Å²) in [4.78, 5) is 16.5. The number of halogens is 1. The Balaban J connectivity index is 1.90. The second-order valence-corrected chi connectivity index (χ2v) is 5.28. The quantitative estimate of drug-likeness (QED) is 0.835. The summed E-state index contributed by atoms with van der Waals surface area (Å²) in [6.45, 7) is 0. The van der Waals surface area contributed by atoms with Crippen LogP contribution in [-0.4, -0.2) is 16.9 Å². The molecule has 0 spiro atoms. The molecule has 5 heteroatoms. The number of amides is 1. The SMILES string of the molecule is NC1C=CC(C(=O)Nc2ccc(Cl)c3cccnc23)C1. The van der Waals surface area contributed by atoms with Crippen molar-refractivity contribution in [3.8, 4) is 0 Å². The molecule has 3 N–H and O–H groups in total. The number of nitrogens with two attached hydrogens (primary N) is 1. The Morgan fingerprint density at radius 1 is 1.35 bits per heavy atom. The van der Waals surface area contributed by atoms with Crippen LogP contribution in [0.15, 0.2) is 42.6 Å². The third kappa shape index (κ3) is 2.40. The summed E-state index contributed by atoms with van der Waals surface area (Å²) in [5, 5.41) is 4.35. The largest absolute Gasteiger partial charge is 0.324 e. The van der Waals surface area contributed by atoms with Crippen molar-refractivity contribution in [2.45, 2.75) is 12.5 Å². The monoisotopic (exact) mass is 287 g/mol. The van der Waals surface area contributed by atoms with Crippen LogP contribution in [0.3, 0.4) is 0 Å². The van der Waals surface area contributed by atoms with E-state index in [1.54, 1.807) is 18.3 Å². The van der Waals surface area contributed by atoms with Crippen molar-refractivity contribution in [1.29, 1.82) is 0 Å². The molecule has 2 unspecified atom stereocenters. The highest BCUT2D eigenvalue weighted by Crippen LogP contribution is 2.29. The van der Waals surface area contributed by atoms with Gasteiger partial charge >= 0.3 is 0 Å².